The minimum absolute atomic E-state index is 0.136. The van der Waals surface area contributed by atoms with Crippen LogP contribution in [0.15, 0.2) is 0 Å². The van der Waals surface area contributed by atoms with Crippen LogP contribution in [0.25, 0.3) is 0 Å². The van der Waals surface area contributed by atoms with Gasteiger partial charge in [-0.2, -0.15) is 0 Å². The van der Waals surface area contributed by atoms with Crippen molar-refractivity contribution in [2.75, 3.05) is 0 Å². The van der Waals surface area contributed by atoms with E-state index in [1.54, 1.807) is 55.4 Å². The molecule has 0 rings (SSSR count). The van der Waals surface area contributed by atoms with Gasteiger partial charge in [-0.3, -0.25) is 43.2 Å². The molecule has 0 saturated carbocycles. The highest BCUT2D eigenvalue weighted by molar-refractivity contribution is 5.99. The van der Waals surface area contributed by atoms with Gasteiger partial charge < -0.3 is 58.7 Å². The van der Waals surface area contributed by atoms with Crippen molar-refractivity contribution >= 4 is 59.1 Å². The number of carbonyl (C=O) groups is 10. The van der Waals surface area contributed by atoms with E-state index in [9.17, 15) is 53.1 Å². The first-order valence-electron chi connectivity index (χ1n) is 30.6. The lowest BCUT2D eigenvalue weighted by Crippen LogP contribution is -2.64. The normalized spacial score (nSPS) is 19.0. The van der Waals surface area contributed by atoms with E-state index in [0.717, 1.165) is 0 Å². The molecule has 0 aliphatic carbocycles. The molecule has 12 N–H and O–H groups in total. The summed E-state index contributed by atoms with van der Waals surface area (Å²) in [5.74, 6) is -10.8. The van der Waals surface area contributed by atoms with E-state index < -0.39 is 161 Å². The Labute approximate surface area is 486 Å². The molecule has 81 heavy (non-hydrogen) atoms. The van der Waals surface area contributed by atoms with E-state index in [-0.39, 0.29) is 17.8 Å². The molecule has 0 fully saturated rings. The Bertz CT molecular complexity index is 2030. The standard InChI is InChI=1S/C60H112N10O11/c1-21-31(11)41(61)51(71)62-42(32(12)22-2)52(72)63-43(33(13)23-3)53(73)64-44(34(14)24-4)54(74)65-45(35(15)25-5)55(75)66-46(36(16)26-6)56(76)67-47(37(17)27-7)57(77)68-48(38(18)28-8)58(78)69-49(39(19)29-9)59(79)70-50(60(80)81)40(20)30-10/h31-50H,21-30,61H2,1-20H3,(H,62,71)(H,63,72)(H,64,73)(H,65,74)(H,66,75)(H,67,76)(H,68,77)(H,69,78)(H,70,79)(H,80,81)/t31-,32-,33-,34-,35-,36-,37-,38-,39-,40-,41-,42-,43-,44-,45-,46-,47-,48-,49-,50-/m0/s1. The molecule has 0 spiro atoms. The van der Waals surface area contributed by atoms with Gasteiger partial charge in [-0.1, -0.05) is 203 Å². The van der Waals surface area contributed by atoms with Crippen molar-refractivity contribution in [1.29, 1.82) is 0 Å². The van der Waals surface area contributed by atoms with E-state index in [4.69, 9.17) is 5.73 Å². The van der Waals surface area contributed by atoms with Crippen molar-refractivity contribution in [2.45, 2.75) is 263 Å². The third kappa shape index (κ3) is 23.1. The zero-order valence-corrected chi connectivity index (χ0v) is 53.2. The number of carboxylic acids is 1. The second kappa shape index (κ2) is 37.7. The first-order valence-corrected chi connectivity index (χ1v) is 30.6. The lowest BCUT2D eigenvalue weighted by molar-refractivity contribution is -0.144. The number of hydrogen-bond acceptors (Lipinski definition) is 11. The highest BCUT2D eigenvalue weighted by Crippen LogP contribution is 2.20. The number of rotatable bonds is 39. The maximum Gasteiger partial charge on any atom is 0.326 e. The molecule has 0 radical (unpaired) electrons. The van der Waals surface area contributed by atoms with Crippen molar-refractivity contribution in [1.82, 2.24) is 47.9 Å². The van der Waals surface area contributed by atoms with Crippen molar-refractivity contribution in [3.63, 3.8) is 0 Å². The highest BCUT2D eigenvalue weighted by Gasteiger charge is 2.41. The quantitative estimate of drug-likeness (QED) is 0.0378. The maximum atomic E-state index is 14.6. The number of carboxylic acid groups (broad SMARTS) is 1. The van der Waals surface area contributed by atoms with Crippen molar-refractivity contribution in [3.8, 4) is 0 Å². The Morgan fingerprint density at radius 1 is 0.247 bits per heavy atom. The van der Waals surface area contributed by atoms with Crippen LogP contribution in [0.4, 0.5) is 0 Å². The summed E-state index contributed by atoms with van der Waals surface area (Å²) in [5, 5.41) is 35.4. The molecule has 0 bridgehead atoms. The molecule has 0 aromatic rings. The molecule has 0 aliphatic rings. The summed E-state index contributed by atoms with van der Waals surface area (Å²) < 4.78 is 0. The predicted molar refractivity (Wildman–Crippen MR) is 318 cm³/mol. The van der Waals surface area contributed by atoms with Crippen LogP contribution in [0.1, 0.15) is 203 Å². The Kier molecular flexibility index (Phi) is 35.2. The average molecular weight is 1150 g/mol. The molecular formula is C60H112N10O11. The second-order valence-corrected chi connectivity index (χ2v) is 23.6. The summed E-state index contributed by atoms with van der Waals surface area (Å²) in [6.07, 6.45) is 4.83. The Morgan fingerprint density at radius 3 is 0.506 bits per heavy atom. The average Bonchev–Trinajstić information content (AvgIpc) is 3.45. The van der Waals surface area contributed by atoms with Gasteiger partial charge >= 0.3 is 5.97 Å². The molecular weight excluding hydrogens is 1040 g/mol. The molecule has 9 amide bonds. The first-order chi connectivity index (χ1) is 37.9. The minimum Gasteiger partial charge on any atom is -0.480 e. The fraction of sp³-hybridized carbons (Fsp3) is 0.833. The molecule has 0 unspecified atom stereocenters. The number of carbonyl (C=O) groups excluding carboxylic acids is 9. The highest BCUT2D eigenvalue weighted by atomic mass is 16.4. The predicted octanol–water partition coefficient (Wildman–Crippen LogP) is 5.22. The number of nitrogens with one attached hydrogen (secondary N) is 9. The van der Waals surface area contributed by atoms with Crippen LogP contribution in [-0.4, -0.2) is 125 Å². The SMILES string of the molecule is CC[C@H](C)[C@H](N)C(=O)N[C@H](C(=O)N[C@H](C(=O)N[C@H](C(=O)N[C@H](C(=O)N[C@H](C(=O)N[C@H](C(=O)N[C@H](C(=O)N[C@H](C(=O)N[C@H](C(=O)O)[C@@H](C)CC)[C@@H](C)CC)[C@@H](C)CC)[C@@H](C)CC)[C@@H](C)CC)[C@@H](C)CC)[C@@H](C)CC)[C@@H](C)CC)[C@@H](C)CC. The van der Waals surface area contributed by atoms with E-state index in [1.807, 2.05) is 83.1 Å². The lowest BCUT2D eigenvalue weighted by Gasteiger charge is -2.34. The topological polar surface area (TPSA) is 325 Å². The van der Waals surface area contributed by atoms with Crippen LogP contribution in [0.3, 0.4) is 0 Å². The number of amides is 9. The van der Waals surface area contributed by atoms with Crippen molar-refractivity contribution in [2.24, 2.45) is 64.9 Å². The van der Waals surface area contributed by atoms with Gasteiger partial charge in [0.2, 0.25) is 53.2 Å². The van der Waals surface area contributed by atoms with Crippen LogP contribution in [0.5, 0.6) is 0 Å². The molecule has 21 heteroatoms. The summed E-state index contributed by atoms with van der Waals surface area (Å²) in [4.78, 5) is 140. The molecule has 0 aliphatic heterocycles. The Morgan fingerprint density at radius 2 is 0.370 bits per heavy atom. The van der Waals surface area contributed by atoms with E-state index in [1.165, 1.54) is 0 Å². The summed E-state index contributed by atoms with van der Waals surface area (Å²) in [6.45, 7) is 36.4. The molecule has 0 saturated heterocycles. The van der Waals surface area contributed by atoms with Gasteiger partial charge in [0.15, 0.2) is 0 Å². The number of aliphatic carboxylic acids is 1. The Balaban J connectivity index is 6.95. The Hall–Kier alpha value is -5.34. The van der Waals surface area contributed by atoms with Gasteiger partial charge in [0.05, 0.1) is 6.04 Å². The number of nitrogens with two attached hydrogens (primary N) is 1. The van der Waals surface area contributed by atoms with Crippen LogP contribution in [-0.2, 0) is 47.9 Å². The number of hydrogen-bond donors (Lipinski definition) is 11. The summed E-state index contributed by atoms with van der Waals surface area (Å²) in [6, 6.07) is -11.1. The third-order valence-electron chi connectivity index (χ3n) is 17.7. The largest absolute Gasteiger partial charge is 0.480 e. The maximum absolute atomic E-state index is 14.6. The third-order valence-corrected chi connectivity index (χ3v) is 17.7. The van der Waals surface area contributed by atoms with Crippen molar-refractivity contribution in [3.05, 3.63) is 0 Å². The van der Waals surface area contributed by atoms with Gasteiger partial charge in [-0.25, -0.2) is 4.79 Å². The molecule has 0 heterocycles. The molecule has 468 valence electrons. The minimum atomic E-state index is -1.20. The summed E-state index contributed by atoms with van der Waals surface area (Å²) >= 11 is 0. The van der Waals surface area contributed by atoms with E-state index in [2.05, 4.69) is 47.9 Å². The van der Waals surface area contributed by atoms with Crippen LogP contribution < -0.4 is 53.6 Å². The zero-order chi connectivity index (χ0) is 62.8. The monoisotopic (exact) mass is 1150 g/mol. The fourth-order valence-electron chi connectivity index (χ4n) is 9.00. The van der Waals surface area contributed by atoms with Gasteiger partial charge in [-0.15, -0.1) is 0 Å². The fourth-order valence-corrected chi connectivity index (χ4v) is 9.00. The van der Waals surface area contributed by atoms with E-state index >= 15 is 0 Å². The van der Waals surface area contributed by atoms with Crippen LogP contribution in [0, 0.1) is 59.2 Å². The van der Waals surface area contributed by atoms with E-state index in [0.29, 0.717) is 64.2 Å². The lowest BCUT2D eigenvalue weighted by atomic mass is 9.91. The zero-order valence-electron chi connectivity index (χ0n) is 53.2. The molecule has 20 atom stereocenters. The van der Waals surface area contributed by atoms with Gasteiger partial charge in [0, 0.05) is 0 Å². The summed E-state index contributed by atoms with van der Waals surface area (Å²) in [7, 11) is 0. The van der Waals surface area contributed by atoms with Crippen LogP contribution in [0.2, 0.25) is 0 Å². The van der Waals surface area contributed by atoms with Crippen molar-refractivity contribution < 1.29 is 53.1 Å². The smallest absolute Gasteiger partial charge is 0.326 e. The van der Waals surface area contributed by atoms with Gasteiger partial charge in [0.25, 0.3) is 0 Å². The second-order valence-electron chi connectivity index (χ2n) is 23.6. The molecule has 0 aromatic heterocycles. The molecule has 21 nitrogen and oxygen atoms in total. The first kappa shape index (κ1) is 75.7. The van der Waals surface area contributed by atoms with Gasteiger partial charge in [-0.05, 0) is 59.2 Å². The molecule has 0 aromatic carbocycles. The van der Waals surface area contributed by atoms with Gasteiger partial charge in [0.1, 0.15) is 54.4 Å². The van der Waals surface area contributed by atoms with Crippen LogP contribution >= 0.6 is 0 Å². The summed E-state index contributed by atoms with van der Waals surface area (Å²) in [5.41, 5.74) is 6.23.